The lowest BCUT2D eigenvalue weighted by Gasteiger charge is -2.28. The van der Waals surface area contributed by atoms with E-state index in [4.69, 9.17) is 0 Å². The highest BCUT2D eigenvalue weighted by Crippen LogP contribution is 2.39. The Morgan fingerprint density at radius 3 is 1.81 bits per heavy atom. The Labute approximate surface area is 135 Å². The largest absolute Gasteiger partial charge is 0.507 e. The molecular formula is C19H32OS. The van der Waals surface area contributed by atoms with Crippen LogP contribution >= 0.6 is 11.8 Å². The molecule has 0 atom stereocenters. The lowest BCUT2D eigenvalue weighted by atomic mass is 9.78. The molecular weight excluding hydrogens is 276 g/mol. The second-order valence-electron chi connectivity index (χ2n) is 7.84. The second-order valence-corrected chi connectivity index (χ2v) is 9.23. The van der Waals surface area contributed by atoms with Crippen molar-refractivity contribution in [2.45, 2.75) is 72.1 Å². The summed E-state index contributed by atoms with van der Waals surface area (Å²) in [6, 6.07) is 4.42. The fourth-order valence-corrected chi connectivity index (χ4v) is 3.14. The van der Waals surface area contributed by atoms with Gasteiger partial charge in [-0.05, 0) is 51.9 Å². The van der Waals surface area contributed by atoms with Crippen LogP contribution in [0.4, 0.5) is 0 Å². The van der Waals surface area contributed by atoms with E-state index in [1.807, 2.05) is 11.8 Å². The van der Waals surface area contributed by atoms with E-state index in [0.29, 0.717) is 5.75 Å². The Balaban J connectivity index is 3.15. The van der Waals surface area contributed by atoms with Gasteiger partial charge in [0.15, 0.2) is 0 Å². The predicted octanol–water partition coefficient (Wildman–Crippen LogP) is 5.67. The van der Waals surface area contributed by atoms with Crippen molar-refractivity contribution in [1.82, 2.24) is 0 Å². The fraction of sp³-hybridized carbons (Fsp3) is 0.684. The van der Waals surface area contributed by atoms with Gasteiger partial charge in [0.1, 0.15) is 5.75 Å². The summed E-state index contributed by atoms with van der Waals surface area (Å²) in [5.74, 6) is 2.89. The summed E-state index contributed by atoms with van der Waals surface area (Å²) in [5, 5.41) is 10.7. The van der Waals surface area contributed by atoms with Gasteiger partial charge in [-0.15, -0.1) is 0 Å². The van der Waals surface area contributed by atoms with Gasteiger partial charge < -0.3 is 5.11 Å². The molecule has 0 saturated heterocycles. The summed E-state index contributed by atoms with van der Waals surface area (Å²) >= 11 is 2.00. The zero-order valence-corrected chi connectivity index (χ0v) is 15.7. The Bertz CT molecular complexity index is 428. The molecule has 1 aromatic rings. The third kappa shape index (κ3) is 5.25. The van der Waals surface area contributed by atoms with Crippen molar-refractivity contribution >= 4 is 11.8 Å². The van der Waals surface area contributed by atoms with Gasteiger partial charge in [-0.2, -0.15) is 11.8 Å². The zero-order chi connectivity index (χ0) is 16.3. The minimum Gasteiger partial charge on any atom is -0.507 e. The normalized spacial score (nSPS) is 12.7. The quantitative estimate of drug-likeness (QED) is 0.707. The number of rotatable bonds is 5. The van der Waals surface area contributed by atoms with Gasteiger partial charge in [-0.3, -0.25) is 0 Å². The third-order valence-electron chi connectivity index (χ3n) is 3.74. The molecule has 0 saturated carbocycles. The lowest BCUT2D eigenvalue weighted by Crippen LogP contribution is -2.18. The molecule has 2 heteroatoms. The average molecular weight is 309 g/mol. The van der Waals surface area contributed by atoms with Gasteiger partial charge in [0.05, 0.1) is 0 Å². The summed E-state index contributed by atoms with van der Waals surface area (Å²) in [6.07, 6.45) is 2.30. The molecule has 0 bridgehead atoms. The van der Waals surface area contributed by atoms with Crippen LogP contribution in [0, 0.1) is 0 Å². The number of thioether (sulfide) groups is 1. The van der Waals surface area contributed by atoms with E-state index in [0.717, 1.165) is 17.5 Å². The van der Waals surface area contributed by atoms with Crippen LogP contribution in [0.5, 0.6) is 5.75 Å². The standard InChI is InChI=1S/C19H32OS/c1-8-21-11-9-10-14-12-15(18(2,3)4)17(20)16(13-14)19(5,6)7/h12-13,20H,8-11H2,1-7H3. The monoisotopic (exact) mass is 308 g/mol. The van der Waals surface area contributed by atoms with Crippen molar-refractivity contribution in [2.75, 3.05) is 11.5 Å². The summed E-state index contributed by atoms with van der Waals surface area (Å²) in [6.45, 7) is 15.2. The molecule has 1 aromatic carbocycles. The van der Waals surface area contributed by atoms with Crippen molar-refractivity contribution in [3.8, 4) is 5.75 Å². The number of benzene rings is 1. The van der Waals surface area contributed by atoms with Crippen LogP contribution in [0.3, 0.4) is 0 Å². The minimum absolute atomic E-state index is 0.0295. The van der Waals surface area contributed by atoms with Crippen molar-refractivity contribution in [2.24, 2.45) is 0 Å². The summed E-state index contributed by atoms with van der Waals surface area (Å²) in [4.78, 5) is 0. The van der Waals surface area contributed by atoms with Crippen LogP contribution in [0.25, 0.3) is 0 Å². The fourth-order valence-electron chi connectivity index (χ4n) is 2.50. The molecule has 0 heterocycles. The maximum Gasteiger partial charge on any atom is 0.123 e. The van der Waals surface area contributed by atoms with Crippen LogP contribution in [0.1, 0.15) is 71.6 Å². The molecule has 0 aliphatic heterocycles. The number of aryl methyl sites for hydroxylation is 1. The highest BCUT2D eigenvalue weighted by Gasteiger charge is 2.26. The topological polar surface area (TPSA) is 20.2 Å². The van der Waals surface area contributed by atoms with Gasteiger partial charge >= 0.3 is 0 Å². The van der Waals surface area contributed by atoms with E-state index in [1.54, 1.807) is 0 Å². The van der Waals surface area contributed by atoms with Crippen molar-refractivity contribution in [3.63, 3.8) is 0 Å². The molecule has 1 rings (SSSR count). The molecule has 21 heavy (non-hydrogen) atoms. The molecule has 0 aromatic heterocycles. The first-order chi connectivity index (χ1) is 9.57. The predicted molar refractivity (Wildman–Crippen MR) is 96.8 cm³/mol. The van der Waals surface area contributed by atoms with Crippen LogP contribution in [0.15, 0.2) is 12.1 Å². The first-order valence-corrected chi connectivity index (χ1v) is 9.17. The Hall–Kier alpha value is -0.630. The first-order valence-electron chi connectivity index (χ1n) is 8.02. The first kappa shape index (κ1) is 18.4. The van der Waals surface area contributed by atoms with E-state index < -0.39 is 0 Å². The SMILES string of the molecule is CCSCCCc1cc(C(C)(C)C)c(O)c(C(C)(C)C)c1. The van der Waals surface area contributed by atoms with Crippen LogP contribution < -0.4 is 0 Å². The molecule has 0 unspecified atom stereocenters. The van der Waals surface area contributed by atoms with Crippen LogP contribution in [-0.4, -0.2) is 16.6 Å². The van der Waals surface area contributed by atoms with Gasteiger partial charge in [0.2, 0.25) is 0 Å². The van der Waals surface area contributed by atoms with Gasteiger partial charge in [0, 0.05) is 0 Å². The number of phenols is 1. The van der Waals surface area contributed by atoms with Gasteiger partial charge in [0.25, 0.3) is 0 Å². The van der Waals surface area contributed by atoms with E-state index >= 15 is 0 Å². The molecule has 0 radical (unpaired) electrons. The number of hydrogen-bond acceptors (Lipinski definition) is 2. The average Bonchev–Trinajstić information content (AvgIpc) is 2.33. The van der Waals surface area contributed by atoms with E-state index in [-0.39, 0.29) is 10.8 Å². The molecule has 0 aliphatic carbocycles. The zero-order valence-electron chi connectivity index (χ0n) is 14.8. The maximum absolute atomic E-state index is 10.7. The maximum atomic E-state index is 10.7. The molecule has 0 spiro atoms. The summed E-state index contributed by atoms with van der Waals surface area (Å²) in [7, 11) is 0. The van der Waals surface area contributed by atoms with E-state index in [9.17, 15) is 5.11 Å². The highest BCUT2D eigenvalue weighted by molar-refractivity contribution is 7.99. The van der Waals surface area contributed by atoms with Crippen LogP contribution in [0.2, 0.25) is 0 Å². The Morgan fingerprint density at radius 2 is 1.43 bits per heavy atom. The summed E-state index contributed by atoms with van der Waals surface area (Å²) in [5.41, 5.74) is 3.46. The molecule has 0 fully saturated rings. The van der Waals surface area contributed by atoms with E-state index in [2.05, 4.69) is 60.6 Å². The van der Waals surface area contributed by atoms with E-state index in [1.165, 1.54) is 23.5 Å². The van der Waals surface area contributed by atoms with Crippen molar-refractivity contribution in [3.05, 3.63) is 28.8 Å². The number of phenolic OH excluding ortho intramolecular Hbond substituents is 1. The van der Waals surface area contributed by atoms with Crippen LogP contribution in [-0.2, 0) is 17.3 Å². The molecule has 0 aliphatic rings. The van der Waals surface area contributed by atoms with Crippen molar-refractivity contribution in [1.29, 1.82) is 0 Å². The molecule has 0 amide bonds. The Morgan fingerprint density at radius 1 is 0.952 bits per heavy atom. The number of aromatic hydroxyl groups is 1. The molecule has 1 N–H and O–H groups in total. The molecule has 1 nitrogen and oxygen atoms in total. The lowest BCUT2D eigenvalue weighted by molar-refractivity contribution is 0.422. The highest BCUT2D eigenvalue weighted by atomic mass is 32.2. The smallest absolute Gasteiger partial charge is 0.123 e. The van der Waals surface area contributed by atoms with Crippen molar-refractivity contribution < 1.29 is 5.11 Å². The number of hydrogen-bond donors (Lipinski definition) is 1. The van der Waals surface area contributed by atoms with Gasteiger partial charge in [-0.1, -0.05) is 60.6 Å². The molecule has 120 valence electrons. The third-order valence-corrected chi connectivity index (χ3v) is 4.73. The Kier molecular flexibility index (Phi) is 6.22. The minimum atomic E-state index is -0.0295. The van der Waals surface area contributed by atoms with Gasteiger partial charge in [-0.25, -0.2) is 0 Å². The second kappa shape index (κ2) is 7.09. The summed E-state index contributed by atoms with van der Waals surface area (Å²) < 4.78 is 0.